The van der Waals surface area contributed by atoms with Crippen molar-refractivity contribution < 1.29 is 9.90 Å². The molecule has 2 unspecified atom stereocenters. The molecule has 3 aliphatic carbocycles. The third-order valence-electron chi connectivity index (χ3n) is 7.64. The SMILES string of the molecule is C[C@]12C=CC(=O)NC1CC[C@@H]1[C@H]2CC[C@]2(C)C(O)CC[C@@H]12. The quantitative estimate of drug-likeness (QED) is 0.720. The van der Waals surface area contributed by atoms with Crippen molar-refractivity contribution in [2.45, 2.75) is 64.5 Å². The monoisotopic (exact) mass is 289 g/mol. The lowest BCUT2D eigenvalue weighted by Gasteiger charge is -2.58. The van der Waals surface area contributed by atoms with Gasteiger partial charge in [-0.3, -0.25) is 4.79 Å². The Labute approximate surface area is 127 Å². The molecule has 0 bridgehead atoms. The minimum absolute atomic E-state index is 0.0767. The predicted molar refractivity (Wildman–Crippen MR) is 81.5 cm³/mol. The van der Waals surface area contributed by atoms with Crippen LogP contribution in [0.25, 0.3) is 0 Å². The molecule has 0 aromatic carbocycles. The van der Waals surface area contributed by atoms with Crippen molar-refractivity contribution in [2.24, 2.45) is 28.6 Å². The van der Waals surface area contributed by atoms with Gasteiger partial charge in [0, 0.05) is 11.5 Å². The third kappa shape index (κ3) is 1.73. The minimum atomic E-state index is -0.101. The van der Waals surface area contributed by atoms with E-state index < -0.39 is 0 Å². The highest BCUT2D eigenvalue weighted by Gasteiger charge is 2.59. The fourth-order valence-corrected chi connectivity index (χ4v) is 6.31. The average molecular weight is 289 g/mol. The van der Waals surface area contributed by atoms with Gasteiger partial charge in [0.15, 0.2) is 0 Å². The van der Waals surface area contributed by atoms with Crippen LogP contribution in [-0.4, -0.2) is 23.2 Å². The van der Waals surface area contributed by atoms with Crippen molar-refractivity contribution >= 4 is 5.91 Å². The Hall–Kier alpha value is -0.830. The van der Waals surface area contributed by atoms with Crippen LogP contribution in [0.5, 0.6) is 0 Å². The topological polar surface area (TPSA) is 49.3 Å². The first-order chi connectivity index (χ1) is 9.95. The number of fused-ring (bicyclic) bond motifs is 5. The van der Waals surface area contributed by atoms with E-state index in [2.05, 4.69) is 25.2 Å². The van der Waals surface area contributed by atoms with E-state index in [-0.39, 0.29) is 22.8 Å². The minimum Gasteiger partial charge on any atom is -0.393 e. The first-order valence-electron chi connectivity index (χ1n) is 8.63. The van der Waals surface area contributed by atoms with Gasteiger partial charge >= 0.3 is 0 Å². The normalized spacial score (nSPS) is 55.4. The lowest BCUT2D eigenvalue weighted by atomic mass is 9.48. The van der Waals surface area contributed by atoms with Crippen molar-refractivity contribution in [3.8, 4) is 0 Å². The van der Waals surface area contributed by atoms with Gasteiger partial charge in [-0.05, 0) is 67.8 Å². The van der Waals surface area contributed by atoms with E-state index in [1.54, 1.807) is 6.08 Å². The fraction of sp³-hybridized carbons (Fsp3) is 0.833. The standard InChI is InChI=1S/C18H27NO2/c1-17-10-8-16(21)19-14(17)5-3-11-12-4-6-15(20)18(12,2)9-7-13(11)17/h8,10-15,20H,3-7,9H2,1-2H3,(H,19,21)/t11-,12-,13+,14?,15?,17+,18-/m0/s1. The maximum atomic E-state index is 11.7. The maximum Gasteiger partial charge on any atom is 0.243 e. The fourth-order valence-electron chi connectivity index (χ4n) is 6.31. The second-order valence-corrected chi connectivity index (χ2v) is 8.35. The molecule has 3 nitrogen and oxygen atoms in total. The van der Waals surface area contributed by atoms with Crippen LogP contribution < -0.4 is 5.32 Å². The Bertz CT molecular complexity index is 501. The van der Waals surface area contributed by atoms with Crippen LogP contribution in [0.3, 0.4) is 0 Å². The molecule has 0 aromatic rings. The summed E-state index contributed by atoms with van der Waals surface area (Å²) in [5.41, 5.74) is 0.262. The second-order valence-electron chi connectivity index (χ2n) is 8.35. The third-order valence-corrected chi connectivity index (χ3v) is 7.64. The van der Waals surface area contributed by atoms with E-state index in [1.807, 2.05) is 0 Å². The number of carbonyl (C=O) groups is 1. The highest BCUT2D eigenvalue weighted by atomic mass is 16.3. The van der Waals surface area contributed by atoms with Gasteiger partial charge in [0.2, 0.25) is 5.91 Å². The zero-order valence-corrected chi connectivity index (χ0v) is 13.1. The average Bonchev–Trinajstić information content (AvgIpc) is 2.76. The van der Waals surface area contributed by atoms with E-state index in [0.29, 0.717) is 17.9 Å². The van der Waals surface area contributed by atoms with Crippen molar-refractivity contribution in [2.75, 3.05) is 0 Å². The number of nitrogens with one attached hydrogen (secondary N) is 1. The van der Waals surface area contributed by atoms with Gasteiger partial charge in [-0.1, -0.05) is 19.9 Å². The van der Waals surface area contributed by atoms with Crippen molar-refractivity contribution in [1.82, 2.24) is 5.32 Å². The Morgan fingerprint density at radius 1 is 1.14 bits per heavy atom. The lowest BCUT2D eigenvalue weighted by molar-refractivity contribution is -0.123. The molecule has 2 N–H and O–H groups in total. The Balaban J connectivity index is 1.68. The molecule has 7 atom stereocenters. The van der Waals surface area contributed by atoms with Crippen LogP contribution >= 0.6 is 0 Å². The van der Waals surface area contributed by atoms with Crippen LogP contribution in [0.2, 0.25) is 0 Å². The zero-order chi connectivity index (χ0) is 14.8. The van der Waals surface area contributed by atoms with Gasteiger partial charge in [0.1, 0.15) is 0 Å². The number of carbonyl (C=O) groups excluding carboxylic acids is 1. The second kappa shape index (κ2) is 4.34. The molecular formula is C18H27NO2. The largest absolute Gasteiger partial charge is 0.393 e. The highest BCUT2D eigenvalue weighted by molar-refractivity contribution is 5.89. The summed E-state index contributed by atoms with van der Waals surface area (Å²) in [4.78, 5) is 11.7. The molecule has 0 radical (unpaired) electrons. The molecule has 21 heavy (non-hydrogen) atoms. The molecule has 0 saturated heterocycles. The Morgan fingerprint density at radius 3 is 2.76 bits per heavy atom. The Morgan fingerprint density at radius 2 is 1.95 bits per heavy atom. The van der Waals surface area contributed by atoms with Crippen molar-refractivity contribution in [1.29, 1.82) is 0 Å². The zero-order valence-electron chi connectivity index (χ0n) is 13.1. The molecular weight excluding hydrogens is 262 g/mol. The van der Waals surface area contributed by atoms with E-state index in [1.165, 1.54) is 19.3 Å². The Kier molecular flexibility index (Phi) is 2.86. The van der Waals surface area contributed by atoms with Crippen LogP contribution in [0.1, 0.15) is 52.4 Å². The summed E-state index contributed by atoms with van der Waals surface area (Å²) in [6, 6.07) is 0.312. The summed E-state index contributed by atoms with van der Waals surface area (Å²) in [5.74, 6) is 2.14. The van der Waals surface area contributed by atoms with Crippen molar-refractivity contribution in [3.05, 3.63) is 12.2 Å². The molecule has 4 rings (SSSR count). The van der Waals surface area contributed by atoms with E-state index in [4.69, 9.17) is 0 Å². The molecule has 3 fully saturated rings. The lowest BCUT2D eigenvalue weighted by Crippen LogP contribution is -2.59. The number of hydrogen-bond acceptors (Lipinski definition) is 2. The summed E-state index contributed by atoms with van der Waals surface area (Å²) in [6.45, 7) is 4.66. The van der Waals surface area contributed by atoms with Crippen molar-refractivity contribution in [3.63, 3.8) is 0 Å². The molecule has 3 heteroatoms. The number of amides is 1. The van der Waals surface area contributed by atoms with Crippen LogP contribution in [-0.2, 0) is 4.79 Å². The summed E-state index contributed by atoms with van der Waals surface area (Å²) in [7, 11) is 0. The van der Waals surface area contributed by atoms with E-state index in [0.717, 1.165) is 25.2 Å². The van der Waals surface area contributed by atoms with Crippen LogP contribution in [0.15, 0.2) is 12.2 Å². The summed E-state index contributed by atoms with van der Waals surface area (Å²) < 4.78 is 0. The van der Waals surface area contributed by atoms with Crippen LogP contribution in [0.4, 0.5) is 0 Å². The molecule has 0 aromatic heterocycles. The summed E-state index contributed by atoms with van der Waals surface area (Å²) >= 11 is 0. The molecule has 1 amide bonds. The van der Waals surface area contributed by atoms with E-state index >= 15 is 0 Å². The molecule has 1 aliphatic heterocycles. The maximum absolute atomic E-state index is 11.7. The van der Waals surface area contributed by atoms with Gasteiger partial charge < -0.3 is 10.4 Å². The molecule has 116 valence electrons. The van der Waals surface area contributed by atoms with Crippen LogP contribution in [0, 0.1) is 28.6 Å². The molecule has 0 spiro atoms. The van der Waals surface area contributed by atoms with Gasteiger partial charge in [-0.25, -0.2) is 0 Å². The van der Waals surface area contributed by atoms with Gasteiger partial charge in [-0.2, -0.15) is 0 Å². The molecule has 4 aliphatic rings. The summed E-state index contributed by atoms with van der Waals surface area (Å²) in [5, 5.41) is 13.6. The number of aliphatic hydroxyl groups excluding tert-OH is 1. The number of rotatable bonds is 0. The first kappa shape index (κ1) is 13.8. The predicted octanol–water partition coefficient (Wildman–Crippen LogP) is 2.64. The molecule has 1 heterocycles. The van der Waals surface area contributed by atoms with Gasteiger partial charge in [-0.15, -0.1) is 0 Å². The molecule has 3 saturated carbocycles. The van der Waals surface area contributed by atoms with Gasteiger partial charge in [0.25, 0.3) is 0 Å². The first-order valence-corrected chi connectivity index (χ1v) is 8.63. The van der Waals surface area contributed by atoms with E-state index in [9.17, 15) is 9.90 Å². The number of hydrogen-bond donors (Lipinski definition) is 2. The highest BCUT2D eigenvalue weighted by Crippen LogP contribution is 2.63. The summed E-state index contributed by atoms with van der Waals surface area (Å²) in [6.07, 6.45) is 10.7. The van der Waals surface area contributed by atoms with Gasteiger partial charge in [0.05, 0.1) is 6.10 Å². The smallest absolute Gasteiger partial charge is 0.243 e. The number of aliphatic hydroxyl groups is 1.